The van der Waals surface area contributed by atoms with Gasteiger partial charge in [-0.15, -0.1) is 0 Å². The Morgan fingerprint density at radius 2 is 2.38 bits per heavy atom. The van der Waals surface area contributed by atoms with Crippen LogP contribution in [0.4, 0.5) is 0 Å². The van der Waals surface area contributed by atoms with Gasteiger partial charge < -0.3 is 0 Å². The van der Waals surface area contributed by atoms with E-state index in [2.05, 4.69) is 4.33 Å². The molecule has 0 bridgehead atoms. The monoisotopic (exact) mass is 175 g/mol. The Labute approximate surface area is 54.0 Å². The van der Waals surface area contributed by atoms with Crippen molar-refractivity contribution in [3.8, 4) is 0 Å². The zero-order valence-corrected chi connectivity index (χ0v) is 5.84. The van der Waals surface area contributed by atoms with Crippen molar-refractivity contribution in [2.75, 3.05) is 0 Å². The van der Waals surface area contributed by atoms with E-state index in [0.717, 1.165) is 0 Å². The van der Waals surface area contributed by atoms with E-state index >= 15 is 0 Å². The molecule has 0 aromatic heterocycles. The first-order valence-corrected chi connectivity index (χ1v) is 4.03. The predicted octanol–water partition coefficient (Wildman–Crippen LogP) is -0.195. The Kier molecular flexibility index (Phi) is 1.89. The fourth-order valence-corrected chi connectivity index (χ4v) is 1.24. The normalized spacial score (nSPS) is 17.8. The molecule has 42 valence electrons. The molecule has 0 aromatic carbocycles. The second kappa shape index (κ2) is 2.70. The summed E-state index contributed by atoms with van der Waals surface area (Å²) in [6, 6.07) is 0. The molecular weight excluding hydrogens is 169 g/mol. The molecule has 0 aliphatic carbocycles. The molecule has 1 aliphatic rings. The van der Waals surface area contributed by atoms with E-state index in [0.29, 0.717) is 0 Å². The van der Waals surface area contributed by atoms with Gasteiger partial charge in [0, 0.05) is 0 Å². The van der Waals surface area contributed by atoms with Crippen molar-refractivity contribution in [3.63, 3.8) is 0 Å². The number of carbonyl (C=O) groups is 1. The molecule has 0 radical (unpaired) electrons. The number of hydrogen-bond acceptors (Lipinski definition) is 1. The molecule has 1 N–H and O–H groups in total. The Morgan fingerprint density at radius 3 is 3.25 bits per heavy atom. The van der Waals surface area contributed by atoms with Crippen molar-refractivity contribution in [3.05, 3.63) is 23.2 Å². The van der Waals surface area contributed by atoms with Gasteiger partial charge in [0.05, 0.1) is 0 Å². The van der Waals surface area contributed by atoms with Crippen LogP contribution in [0.3, 0.4) is 0 Å². The molecule has 8 heavy (non-hydrogen) atoms. The molecule has 0 aromatic rings. The van der Waals surface area contributed by atoms with Crippen molar-refractivity contribution < 1.29 is 4.79 Å². The molecule has 1 rings (SSSR count). The van der Waals surface area contributed by atoms with Crippen LogP contribution in [0.1, 0.15) is 0 Å². The summed E-state index contributed by atoms with van der Waals surface area (Å²) in [5.74, 6) is 0.00926. The second-order valence-corrected chi connectivity index (χ2v) is 2.77. The summed E-state index contributed by atoms with van der Waals surface area (Å²) >= 11 is 0.167. The van der Waals surface area contributed by atoms with E-state index in [4.69, 9.17) is 0 Å². The van der Waals surface area contributed by atoms with Crippen molar-refractivity contribution in [2.45, 2.75) is 0 Å². The number of hydrogen-bond donors (Lipinski definition) is 1. The Balaban J connectivity index is 2.58. The molecule has 1 amide bonds. The number of nitrogens with one attached hydrogen (secondary N) is 1. The van der Waals surface area contributed by atoms with Gasteiger partial charge in [-0.2, -0.15) is 0 Å². The van der Waals surface area contributed by atoms with Crippen LogP contribution in [0.2, 0.25) is 0 Å². The van der Waals surface area contributed by atoms with Crippen LogP contribution in [0.25, 0.3) is 0 Å². The van der Waals surface area contributed by atoms with E-state index in [-0.39, 0.29) is 21.1 Å². The summed E-state index contributed by atoms with van der Waals surface area (Å²) in [5.41, 5.74) is 0. The van der Waals surface area contributed by atoms with Gasteiger partial charge in [0.25, 0.3) is 0 Å². The van der Waals surface area contributed by atoms with Crippen molar-refractivity contribution in [1.29, 1.82) is 0 Å². The summed E-state index contributed by atoms with van der Waals surface area (Å²) in [5, 5.41) is 0. The van der Waals surface area contributed by atoms with Crippen LogP contribution < -0.4 is 4.33 Å². The maximum atomic E-state index is 10.5. The fourth-order valence-electron chi connectivity index (χ4n) is 0.354. The van der Waals surface area contributed by atoms with Crippen molar-refractivity contribution >= 4 is 21.1 Å². The number of amides is 1. The molecular formula is C5H5NOSe. The minimum atomic E-state index is 0.00926. The van der Waals surface area contributed by atoms with Crippen molar-refractivity contribution in [1.82, 2.24) is 4.33 Å². The van der Waals surface area contributed by atoms with Crippen LogP contribution >= 0.6 is 0 Å². The topological polar surface area (TPSA) is 29.1 Å². The standard InChI is InChI=1S/C5H5NOSe/c7-5-3-1-2-4-8-6-5/h1-4H,(H,6,7). The first-order chi connectivity index (χ1) is 3.89. The van der Waals surface area contributed by atoms with Gasteiger partial charge in [-0.1, -0.05) is 0 Å². The molecule has 0 unspecified atom stereocenters. The van der Waals surface area contributed by atoms with Gasteiger partial charge in [-0.3, -0.25) is 0 Å². The molecule has 0 saturated carbocycles. The number of carbonyl (C=O) groups excluding carboxylic acids is 1. The SMILES string of the molecule is O=C1C=CC=C[Se]N1. The van der Waals surface area contributed by atoms with Crippen LogP contribution in [-0.2, 0) is 4.79 Å². The summed E-state index contributed by atoms with van der Waals surface area (Å²) < 4.78 is 2.69. The fraction of sp³-hybridized carbons (Fsp3) is 0. The molecule has 0 spiro atoms. The summed E-state index contributed by atoms with van der Waals surface area (Å²) in [6.45, 7) is 0. The van der Waals surface area contributed by atoms with Crippen LogP contribution in [0, 0.1) is 0 Å². The van der Waals surface area contributed by atoms with Crippen LogP contribution in [0.5, 0.6) is 0 Å². The molecule has 2 nitrogen and oxygen atoms in total. The van der Waals surface area contributed by atoms with Crippen molar-refractivity contribution in [2.24, 2.45) is 0 Å². The molecule has 0 atom stereocenters. The van der Waals surface area contributed by atoms with Gasteiger partial charge >= 0.3 is 53.4 Å². The van der Waals surface area contributed by atoms with Gasteiger partial charge in [-0.25, -0.2) is 0 Å². The van der Waals surface area contributed by atoms with Gasteiger partial charge in [0.1, 0.15) is 0 Å². The second-order valence-electron chi connectivity index (χ2n) is 1.27. The van der Waals surface area contributed by atoms with E-state index < -0.39 is 0 Å². The molecule has 3 heteroatoms. The first kappa shape index (κ1) is 5.60. The third-order valence-electron chi connectivity index (χ3n) is 0.665. The molecule has 1 heterocycles. The Bertz CT molecular complexity index is 151. The average molecular weight is 174 g/mol. The number of rotatable bonds is 0. The van der Waals surface area contributed by atoms with E-state index in [1.54, 1.807) is 6.08 Å². The first-order valence-electron chi connectivity index (χ1n) is 2.18. The van der Waals surface area contributed by atoms with Gasteiger partial charge in [-0.05, 0) is 0 Å². The van der Waals surface area contributed by atoms with Gasteiger partial charge in [0.15, 0.2) is 0 Å². The maximum absolute atomic E-state index is 10.5. The van der Waals surface area contributed by atoms with E-state index in [1.165, 1.54) is 6.08 Å². The third kappa shape index (κ3) is 1.52. The number of allylic oxidation sites excluding steroid dienone is 2. The molecule has 0 saturated heterocycles. The average Bonchev–Trinajstić information content (AvgIpc) is 1.94. The minimum absolute atomic E-state index is 0.00926. The quantitative estimate of drug-likeness (QED) is 0.506. The summed E-state index contributed by atoms with van der Waals surface area (Å²) in [7, 11) is 0. The Hall–Kier alpha value is -0.531. The Morgan fingerprint density at radius 1 is 1.50 bits per heavy atom. The molecule has 1 aliphatic heterocycles. The predicted molar refractivity (Wildman–Crippen MR) is 32.2 cm³/mol. The zero-order valence-electron chi connectivity index (χ0n) is 4.13. The van der Waals surface area contributed by atoms with E-state index in [1.807, 2.05) is 11.1 Å². The van der Waals surface area contributed by atoms with Crippen LogP contribution in [0.15, 0.2) is 23.2 Å². The zero-order chi connectivity index (χ0) is 5.82. The summed E-state index contributed by atoms with van der Waals surface area (Å²) in [4.78, 5) is 12.4. The van der Waals surface area contributed by atoms with Crippen LogP contribution in [-0.4, -0.2) is 21.1 Å². The third-order valence-corrected chi connectivity index (χ3v) is 1.95. The molecule has 0 fully saturated rings. The summed E-state index contributed by atoms with van der Waals surface area (Å²) in [6.07, 6.45) is 5.13. The van der Waals surface area contributed by atoms with E-state index in [9.17, 15) is 4.79 Å². The van der Waals surface area contributed by atoms with Gasteiger partial charge in [0.2, 0.25) is 0 Å².